The van der Waals surface area contributed by atoms with Gasteiger partial charge in [0, 0.05) is 12.1 Å². The van der Waals surface area contributed by atoms with Crippen molar-refractivity contribution in [3.8, 4) is 11.4 Å². The smallest absolute Gasteiger partial charge is 0.265 e. The standard InChI is InChI=1S/C24H21N3O3/c1-30-20-10-7-17(8-11-20)13-14-25-23(28)18-9-12-21-22(15-18)26-16-27(24(21)29)19-5-3-2-4-6-19/h2-12,15-16H,13-14H2,1H3,(H,25,28). The summed E-state index contributed by atoms with van der Waals surface area (Å²) in [6.07, 6.45) is 2.20. The number of aromatic nitrogens is 2. The van der Waals surface area contributed by atoms with Crippen molar-refractivity contribution >= 4 is 16.8 Å². The van der Waals surface area contributed by atoms with Gasteiger partial charge >= 0.3 is 0 Å². The average molecular weight is 399 g/mol. The number of hydrogen-bond donors (Lipinski definition) is 1. The number of fused-ring (bicyclic) bond motifs is 1. The molecule has 1 aromatic heterocycles. The monoisotopic (exact) mass is 399 g/mol. The topological polar surface area (TPSA) is 73.2 Å². The summed E-state index contributed by atoms with van der Waals surface area (Å²) in [5, 5.41) is 3.38. The van der Waals surface area contributed by atoms with E-state index < -0.39 is 0 Å². The third kappa shape index (κ3) is 4.07. The predicted molar refractivity (Wildman–Crippen MR) is 116 cm³/mol. The van der Waals surface area contributed by atoms with Crippen LogP contribution in [0.25, 0.3) is 16.6 Å². The molecule has 1 N–H and O–H groups in total. The lowest BCUT2D eigenvalue weighted by molar-refractivity contribution is 0.0954. The summed E-state index contributed by atoms with van der Waals surface area (Å²) in [5.41, 5.74) is 2.66. The SMILES string of the molecule is COc1ccc(CCNC(=O)c2ccc3c(=O)n(-c4ccccc4)cnc3c2)cc1. The Kier molecular flexibility index (Phi) is 5.57. The highest BCUT2D eigenvalue weighted by atomic mass is 16.5. The molecular weight excluding hydrogens is 378 g/mol. The van der Waals surface area contributed by atoms with Gasteiger partial charge in [0.1, 0.15) is 12.1 Å². The van der Waals surface area contributed by atoms with E-state index in [9.17, 15) is 9.59 Å². The number of nitrogens with zero attached hydrogens (tertiary/aromatic N) is 2. The minimum atomic E-state index is -0.195. The summed E-state index contributed by atoms with van der Waals surface area (Å²) in [7, 11) is 1.63. The lowest BCUT2D eigenvalue weighted by Crippen LogP contribution is -2.26. The van der Waals surface area contributed by atoms with Crippen molar-refractivity contribution in [3.05, 3.63) is 101 Å². The second-order valence-corrected chi connectivity index (χ2v) is 6.84. The van der Waals surface area contributed by atoms with Crippen LogP contribution in [0.5, 0.6) is 5.75 Å². The second-order valence-electron chi connectivity index (χ2n) is 6.84. The van der Waals surface area contributed by atoms with Gasteiger partial charge in [-0.3, -0.25) is 14.2 Å². The van der Waals surface area contributed by atoms with Crippen LogP contribution in [0.3, 0.4) is 0 Å². The van der Waals surface area contributed by atoms with E-state index in [4.69, 9.17) is 4.74 Å². The molecule has 0 saturated heterocycles. The molecule has 1 heterocycles. The van der Waals surface area contributed by atoms with Gasteiger partial charge in [0.15, 0.2) is 0 Å². The van der Waals surface area contributed by atoms with E-state index in [-0.39, 0.29) is 11.5 Å². The van der Waals surface area contributed by atoms with Crippen LogP contribution in [0.2, 0.25) is 0 Å². The zero-order valence-electron chi connectivity index (χ0n) is 16.5. The quantitative estimate of drug-likeness (QED) is 0.540. The summed E-state index contributed by atoms with van der Waals surface area (Å²) in [6.45, 7) is 0.506. The van der Waals surface area contributed by atoms with Gasteiger partial charge in [-0.25, -0.2) is 4.98 Å². The molecule has 0 aliphatic rings. The maximum absolute atomic E-state index is 12.8. The van der Waals surface area contributed by atoms with Gasteiger partial charge < -0.3 is 10.1 Å². The third-order valence-electron chi connectivity index (χ3n) is 4.91. The highest BCUT2D eigenvalue weighted by Gasteiger charge is 2.10. The highest BCUT2D eigenvalue weighted by molar-refractivity contribution is 5.97. The van der Waals surface area contributed by atoms with E-state index in [1.54, 1.807) is 25.3 Å². The summed E-state index contributed by atoms with van der Waals surface area (Å²) >= 11 is 0. The molecule has 150 valence electrons. The first-order chi connectivity index (χ1) is 14.7. The molecule has 0 aliphatic carbocycles. The number of benzene rings is 3. The fourth-order valence-corrected chi connectivity index (χ4v) is 3.25. The molecule has 4 aromatic rings. The maximum Gasteiger partial charge on any atom is 0.265 e. The van der Waals surface area contributed by atoms with Crippen LogP contribution >= 0.6 is 0 Å². The zero-order chi connectivity index (χ0) is 20.9. The lowest BCUT2D eigenvalue weighted by atomic mass is 10.1. The molecule has 30 heavy (non-hydrogen) atoms. The Bertz CT molecular complexity index is 1230. The van der Waals surface area contributed by atoms with E-state index in [1.807, 2.05) is 54.6 Å². The molecule has 4 rings (SSSR count). The van der Waals surface area contributed by atoms with Gasteiger partial charge in [0.2, 0.25) is 0 Å². The van der Waals surface area contributed by atoms with Crippen LogP contribution < -0.4 is 15.6 Å². The zero-order valence-corrected chi connectivity index (χ0v) is 16.5. The van der Waals surface area contributed by atoms with Gasteiger partial charge in [-0.15, -0.1) is 0 Å². The van der Waals surface area contributed by atoms with Crippen molar-refractivity contribution < 1.29 is 9.53 Å². The van der Waals surface area contributed by atoms with E-state index in [0.717, 1.165) is 17.0 Å². The van der Waals surface area contributed by atoms with Crippen molar-refractivity contribution in [1.82, 2.24) is 14.9 Å². The Morgan fingerprint density at radius 3 is 2.53 bits per heavy atom. The molecule has 6 nitrogen and oxygen atoms in total. The van der Waals surface area contributed by atoms with E-state index in [2.05, 4.69) is 10.3 Å². The van der Waals surface area contributed by atoms with Crippen LogP contribution in [0.1, 0.15) is 15.9 Å². The van der Waals surface area contributed by atoms with Gasteiger partial charge in [0.25, 0.3) is 11.5 Å². The third-order valence-corrected chi connectivity index (χ3v) is 4.91. The Labute approximate surface area is 173 Å². The summed E-state index contributed by atoms with van der Waals surface area (Å²) < 4.78 is 6.64. The highest BCUT2D eigenvalue weighted by Crippen LogP contribution is 2.13. The number of para-hydroxylation sites is 1. The molecular formula is C24H21N3O3. The first kappa shape index (κ1) is 19.4. The first-order valence-corrected chi connectivity index (χ1v) is 9.64. The molecule has 1 amide bonds. The van der Waals surface area contributed by atoms with Crippen molar-refractivity contribution in [3.63, 3.8) is 0 Å². The van der Waals surface area contributed by atoms with Crippen LogP contribution in [0.15, 0.2) is 83.9 Å². The molecule has 0 unspecified atom stereocenters. The minimum absolute atomic E-state index is 0.169. The summed E-state index contributed by atoms with van der Waals surface area (Å²) in [4.78, 5) is 29.7. The van der Waals surface area contributed by atoms with E-state index >= 15 is 0 Å². The van der Waals surface area contributed by atoms with E-state index in [0.29, 0.717) is 29.4 Å². The van der Waals surface area contributed by atoms with Crippen molar-refractivity contribution in [2.24, 2.45) is 0 Å². The Hall–Kier alpha value is -3.93. The van der Waals surface area contributed by atoms with Gasteiger partial charge in [-0.2, -0.15) is 0 Å². The van der Waals surface area contributed by atoms with E-state index in [1.165, 1.54) is 10.9 Å². The Morgan fingerprint density at radius 1 is 1.03 bits per heavy atom. The second kappa shape index (κ2) is 8.61. The largest absolute Gasteiger partial charge is 0.497 e. The number of methoxy groups -OCH3 is 1. The summed E-state index contributed by atoms with van der Waals surface area (Å²) in [6, 6.07) is 22.0. The fraction of sp³-hybridized carbons (Fsp3) is 0.125. The molecule has 0 spiro atoms. The molecule has 0 fully saturated rings. The molecule has 0 saturated carbocycles. The fourth-order valence-electron chi connectivity index (χ4n) is 3.25. The molecule has 3 aromatic carbocycles. The molecule has 6 heteroatoms. The molecule has 0 atom stereocenters. The van der Waals surface area contributed by atoms with Gasteiger partial charge in [0.05, 0.1) is 23.7 Å². The normalized spacial score (nSPS) is 10.7. The number of rotatable bonds is 6. The van der Waals surface area contributed by atoms with Crippen molar-refractivity contribution in [2.75, 3.05) is 13.7 Å². The number of carbonyl (C=O) groups is 1. The van der Waals surface area contributed by atoms with Crippen LogP contribution in [0.4, 0.5) is 0 Å². The number of ether oxygens (including phenoxy) is 1. The van der Waals surface area contributed by atoms with Crippen LogP contribution in [0, 0.1) is 0 Å². The average Bonchev–Trinajstić information content (AvgIpc) is 2.80. The van der Waals surface area contributed by atoms with Crippen LogP contribution in [-0.4, -0.2) is 29.1 Å². The molecule has 0 aliphatic heterocycles. The predicted octanol–water partition coefficient (Wildman–Crippen LogP) is 3.37. The minimum Gasteiger partial charge on any atom is -0.497 e. The number of hydrogen-bond acceptors (Lipinski definition) is 4. The van der Waals surface area contributed by atoms with Gasteiger partial charge in [-0.05, 0) is 54.4 Å². The van der Waals surface area contributed by atoms with Gasteiger partial charge in [-0.1, -0.05) is 30.3 Å². The Balaban J connectivity index is 1.47. The lowest BCUT2D eigenvalue weighted by Gasteiger charge is -2.09. The van der Waals surface area contributed by atoms with Crippen LogP contribution in [-0.2, 0) is 6.42 Å². The number of nitrogens with one attached hydrogen (secondary N) is 1. The number of carbonyl (C=O) groups excluding carboxylic acids is 1. The van der Waals surface area contributed by atoms with Crippen molar-refractivity contribution in [2.45, 2.75) is 6.42 Å². The molecule has 0 bridgehead atoms. The first-order valence-electron chi connectivity index (χ1n) is 9.64. The number of amides is 1. The maximum atomic E-state index is 12.8. The molecule has 0 radical (unpaired) electrons. The summed E-state index contributed by atoms with van der Waals surface area (Å²) in [5.74, 6) is 0.609. The van der Waals surface area contributed by atoms with Crippen molar-refractivity contribution in [1.29, 1.82) is 0 Å². The Morgan fingerprint density at radius 2 is 1.80 bits per heavy atom.